The molecule has 3 aromatic rings. The molecule has 3 rings (SSSR count). The number of hydrogen-bond donors (Lipinski definition) is 2. The van der Waals surface area contributed by atoms with Crippen molar-refractivity contribution in [3.05, 3.63) is 64.2 Å². The minimum atomic E-state index is -4.45. The van der Waals surface area contributed by atoms with E-state index in [0.29, 0.717) is 17.0 Å². The summed E-state index contributed by atoms with van der Waals surface area (Å²) in [5, 5.41) is 4.32. The Bertz CT molecular complexity index is 1070. The standard InChI is InChI=1S/C20H21F3N6O/c1-11-8-12(2)25-19(24-11)27-26-18(30)10-17-13(3)28-29(14(17)4)16-7-5-6-15(9-16)20(21,22)23/h5-9H,10H2,1-4H3,(H,26,30)(H,24,25,27). The predicted octanol–water partition coefficient (Wildman–Crippen LogP) is 3.60. The fourth-order valence-electron chi connectivity index (χ4n) is 3.11. The van der Waals surface area contributed by atoms with Crippen LogP contribution >= 0.6 is 0 Å². The highest BCUT2D eigenvalue weighted by Crippen LogP contribution is 2.30. The topological polar surface area (TPSA) is 84.7 Å². The number of nitrogens with one attached hydrogen (secondary N) is 2. The molecule has 158 valence electrons. The number of amides is 1. The molecule has 1 amide bonds. The van der Waals surface area contributed by atoms with Crippen molar-refractivity contribution in [1.82, 2.24) is 25.2 Å². The van der Waals surface area contributed by atoms with Gasteiger partial charge in [0.2, 0.25) is 11.9 Å². The Morgan fingerprint density at radius 2 is 1.73 bits per heavy atom. The van der Waals surface area contributed by atoms with Gasteiger partial charge < -0.3 is 0 Å². The van der Waals surface area contributed by atoms with E-state index in [1.165, 1.54) is 16.8 Å². The number of carbonyl (C=O) groups excluding carboxylic acids is 1. The molecule has 7 nitrogen and oxygen atoms in total. The number of hydrogen-bond acceptors (Lipinski definition) is 5. The maximum Gasteiger partial charge on any atom is 0.416 e. The molecule has 0 atom stereocenters. The third kappa shape index (κ3) is 4.76. The molecule has 30 heavy (non-hydrogen) atoms. The number of aromatic nitrogens is 4. The summed E-state index contributed by atoms with van der Waals surface area (Å²) in [6, 6.07) is 6.71. The second kappa shape index (κ2) is 8.13. The molecule has 2 aromatic heterocycles. The third-order valence-electron chi connectivity index (χ3n) is 4.49. The van der Waals surface area contributed by atoms with Gasteiger partial charge in [0, 0.05) is 22.6 Å². The average molecular weight is 418 g/mol. The molecule has 0 saturated carbocycles. The van der Waals surface area contributed by atoms with Crippen LogP contribution in [-0.4, -0.2) is 25.7 Å². The molecule has 2 N–H and O–H groups in total. The van der Waals surface area contributed by atoms with E-state index in [1.54, 1.807) is 13.8 Å². The van der Waals surface area contributed by atoms with Crippen molar-refractivity contribution in [3.63, 3.8) is 0 Å². The number of alkyl halides is 3. The molecule has 0 aliphatic carbocycles. The van der Waals surface area contributed by atoms with Crippen LogP contribution in [0.1, 0.15) is 33.9 Å². The molecular weight excluding hydrogens is 397 g/mol. The van der Waals surface area contributed by atoms with Gasteiger partial charge in [0.15, 0.2) is 0 Å². The SMILES string of the molecule is Cc1cc(C)nc(NNC(=O)Cc2c(C)nn(-c3cccc(C(F)(F)F)c3)c2C)n1. The molecule has 0 spiro atoms. The first-order valence-electron chi connectivity index (χ1n) is 9.14. The zero-order valence-electron chi connectivity index (χ0n) is 16.9. The number of halogens is 3. The summed E-state index contributed by atoms with van der Waals surface area (Å²) in [6.45, 7) is 7.05. The first-order chi connectivity index (χ1) is 14.0. The van der Waals surface area contributed by atoms with Crippen LogP contribution in [0.3, 0.4) is 0 Å². The van der Waals surface area contributed by atoms with Crippen LogP contribution < -0.4 is 10.9 Å². The molecule has 0 bridgehead atoms. The maximum atomic E-state index is 13.0. The van der Waals surface area contributed by atoms with Crippen LogP contribution in [0.4, 0.5) is 19.1 Å². The molecule has 0 unspecified atom stereocenters. The summed E-state index contributed by atoms with van der Waals surface area (Å²) in [5.74, 6) is -0.0819. The largest absolute Gasteiger partial charge is 0.416 e. The predicted molar refractivity (Wildman–Crippen MR) is 105 cm³/mol. The minimum Gasteiger partial charge on any atom is -0.273 e. The van der Waals surface area contributed by atoms with Crippen LogP contribution in [-0.2, 0) is 17.4 Å². The maximum absolute atomic E-state index is 13.0. The molecular formula is C20H21F3N6O. The van der Waals surface area contributed by atoms with E-state index >= 15 is 0 Å². The quantitative estimate of drug-likeness (QED) is 0.619. The van der Waals surface area contributed by atoms with Gasteiger partial charge in [-0.3, -0.25) is 15.6 Å². The third-order valence-corrected chi connectivity index (χ3v) is 4.49. The lowest BCUT2D eigenvalue weighted by Crippen LogP contribution is -2.32. The molecule has 0 aliphatic rings. The van der Waals surface area contributed by atoms with E-state index in [9.17, 15) is 18.0 Å². The van der Waals surface area contributed by atoms with Crippen LogP contribution in [0.25, 0.3) is 5.69 Å². The first kappa shape index (κ1) is 21.3. The van der Waals surface area contributed by atoms with Gasteiger partial charge in [0.25, 0.3) is 0 Å². The number of nitrogens with zero attached hydrogens (tertiary/aromatic N) is 4. The number of aryl methyl sites for hydroxylation is 3. The Morgan fingerprint density at radius 3 is 2.37 bits per heavy atom. The summed E-state index contributed by atoms with van der Waals surface area (Å²) in [6.07, 6.45) is -4.45. The van der Waals surface area contributed by atoms with Gasteiger partial charge in [0.1, 0.15) is 0 Å². The smallest absolute Gasteiger partial charge is 0.273 e. The molecule has 0 saturated heterocycles. The molecule has 0 fully saturated rings. The van der Waals surface area contributed by atoms with E-state index in [1.807, 2.05) is 19.9 Å². The monoisotopic (exact) mass is 418 g/mol. The second-order valence-electron chi connectivity index (χ2n) is 6.93. The van der Waals surface area contributed by atoms with Crippen molar-refractivity contribution in [2.24, 2.45) is 0 Å². The highest BCUT2D eigenvalue weighted by molar-refractivity contribution is 5.80. The lowest BCUT2D eigenvalue weighted by Gasteiger charge is -2.10. The minimum absolute atomic E-state index is 0.00553. The van der Waals surface area contributed by atoms with Gasteiger partial charge >= 0.3 is 6.18 Å². The van der Waals surface area contributed by atoms with Crippen LogP contribution in [0.15, 0.2) is 30.3 Å². The Balaban J connectivity index is 1.76. The fourth-order valence-corrected chi connectivity index (χ4v) is 3.11. The van der Waals surface area contributed by atoms with Gasteiger partial charge in [-0.15, -0.1) is 0 Å². The number of hydrazine groups is 1. The van der Waals surface area contributed by atoms with Crippen molar-refractivity contribution >= 4 is 11.9 Å². The highest BCUT2D eigenvalue weighted by Gasteiger charge is 2.30. The Labute approximate surface area is 171 Å². The van der Waals surface area contributed by atoms with Gasteiger partial charge in [-0.25, -0.2) is 14.6 Å². The fraction of sp³-hybridized carbons (Fsp3) is 0.300. The van der Waals surface area contributed by atoms with Crippen molar-refractivity contribution in [2.45, 2.75) is 40.3 Å². The van der Waals surface area contributed by atoms with E-state index in [4.69, 9.17) is 0 Å². The molecule has 0 aliphatic heterocycles. The zero-order chi connectivity index (χ0) is 22.1. The molecule has 10 heteroatoms. The summed E-state index contributed by atoms with van der Waals surface area (Å²) in [7, 11) is 0. The van der Waals surface area contributed by atoms with E-state index < -0.39 is 11.7 Å². The van der Waals surface area contributed by atoms with Crippen LogP contribution in [0.2, 0.25) is 0 Å². The number of carbonyl (C=O) groups is 1. The van der Waals surface area contributed by atoms with Crippen LogP contribution in [0, 0.1) is 27.7 Å². The van der Waals surface area contributed by atoms with Crippen molar-refractivity contribution in [1.29, 1.82) is 0 Å². The lowest BCUT2D eigenvalue weighted by molar-refractivity contribution is -0.137. The number of benzene rings is 1. The normalized spacial score (nSPS) is 11.4. The van der Waals surface area contributed by atoms with E-state index in [0.717, 1.165) is 23.5 Å². The van der Waals surface area contributed by atoms with Crippen molar-refractivity contribution in [2.75, 3.05) is 5.43 Å². The number of anilines is 1. The Kier molecular flexibility index (Phi) is 5.77. The van der Waals surface area contributed by atoms with E-state index in [-0.39, 0.29) is 24.0 Å². The first-order valence-corrected chi connectivity index (χ1v) is 9.14. The average Bonchev–Trinajstić information content (AvgIpc) is 2.93. The summed E-state index contributed by atoms with van der Waals surface area (Å²) >= 11 is 0. The summed E-state index contributed by atoms with van der Waals surface area (Å²) in [4.78, 5) is 20.7. The summed E-state index contributed by atoms with van der Waals surface area (Å²) in [5.41, 5.74) is 8.02. The molecule has 1 aromatic carbocycles. The van der Waals surface area contributed by atoms with Gasteiger partial charge in [0.05, 0.1) is 23.4 Å². The van der Waals surface area contributed by atoms with Crippen LogP contribution in [0.5, 0.6) is 0 Å². The van der Waals surface area contributed by atoms with Crippen molar-refractivity contribution < 1.29 is 18.0 Å². The van der Waals surface area contributed by atoms with Gasteiger partial charge in [-0.1, -0.05) is 6.07 Å². The lowest BCUT2D eigenvalue weighted by atomic mass is 10.1. The van der Waals surface area contributed by atoms with Gasteiger partial charge in [-0.05, 0) is 52.0 Å². The summed E-state index contributed by atoms with van der Waals surface area (Å²) < 4.78 is 40.5. The molecule has 0 radical (unpaired) electrons. The van der Waals surface area contributed by atoms with Gasteiger partial charge in [-0.2, -0.15) is 18.3 Å². The van der Waals surface area contributed by atoms with E-state index in [2.05, 4.69) is 25.9 Å². The zero-order valence-corrected chi connectivity index (χ0v) is 16.9. The van der Waals surface area contributed by atoms with Crippen molar-refractivity contribution in [3.8, 4) is 5.69 Å². The highest BCUT2D eigenvalue weighted by atomic mass is 19.4. The second-order valence-corrected chi connectivity index (χ2v) is 6.93. The Morgan fingerprint density at radius 1 is 1.07 bits per heavy atom. The Hall–Kier alpha value is -3.43. The molecule has 2 heterocycles. The number of rotatable bonds is 5.